The van der Waals surface area contributed by atoms with Gasteiger partial charge in [-0.2, -0.15) is 0 Å². The number of unbranched alkanes of at least 4 members (excludes halogenated alkanes) is 12. The van der Waals surface area contributed by atoms with E-state index in [9.17, 15) is 19.5 Å². The molecule has 0 heterocycles. The van der Waals surface area contributed by atoms with E-state index in [0.29, 0.717) is 17.4 Å². The fourth-order valence-electron chi connectivity index (χ4n) is 7.74. The maximum Gasteiger partial charge on any atom is 0.361 e. The third kappa shape index (κ3) is 62.1. The van der Waals surface area contributed by atoms with Crippen LogP contribution in [0.2, 0.25) is 0 Å². The molecule has 454 valence electrons. The topological polar surface area (TPSA) is 108 Å². The van der Waals surface area contributed by atoms with Crippen LogP contribution in [0.25, 0.3) is 0 Å². The van der Waals surface area contributed by atoms with E-state index in [1.165, 1.54) is 38.5 Å². The second kappa shape index (κ2) is 60.7. The van der Waals surface area contributed by atoms with Crippen LogP contribution in [-0.4, -0.2) is 87.4 Å². The lowest BCUT2D eigenvalue weighted by molar-refractivity contribution is -0.870. The van der Waals surface area contributed by atoms with Crippen molar-refractivity contribution >= 4 is 17.9 Å². The van der Waals surface area contributed by atoms with Gasteiger partial charge in [0.2, 0.25) is 0 Å². The summed E-state index contributed by atoms with van der Waals surface area (Å²) in [6.07, 6.45) is 88.7. The van der Waals surface area contributed by atoms with Crippen LogP contribution in [0, 0.1) is 0 Å². The van der Waals surface area contributed by atoms with Crippen molar-refractivity contribution in [2.75, 3.05) is 47.5 Å². The van der Waals surface area contributed by atoms with E-state index < -0.39 is 24.3 Å². The molecule has 0 aromatic heterocycles. The second-order valence-corrected chi connectivity index (χ2v) is 21.2. The number of hydrogen-bond donors (Lipinski definition) is 1. The van der Waals surface area contributed by atoms with E-state index in [2.05, 4.69) is 184 Å². The molecule has 0 aromatic rings. The quantitative estimate of drug-likeness (QED) is 0.0211. The molecule has 0 aromatic carbocycles. The van der Waals surface area contributed by atoms with Crippen molar-refractivity contribution in [3.05, 3.63) is 170 Å². The van der Waals surface area contributed by atoms with Crippen molar-refractivity contribution in [2.45, 2.75) is 219 Å². The fourth-order valence-corrected chi connectivity index (χ4v) is 7.74. The Labute approximate surface area is 495 Å². The summed E-state index contributed by atoms with van der Waals surface area (Å²) in [5.41, 5.74) is 0. The van der Waals surface area contributed by atoms with Crippen LogP contribution in [0.4, 0.5) is 0 Å². The highest BCUT2D eigenvalue weighted by Gasteiger charge is 2.25. The predicted molar refractivity (Wildman–Crippen MR) is 345 cm³/mol. The van der Waals surface area contributed by atoms with Gasteiger partial charge in [-0.15, -0.1) is 0 Å². The highest BCUT2D eigenvalue weighted by Crippen LogP contribution is 2.14. The van der Waals surface area contributed by atoms with E-state index in [4.69, 9.17) is 18.9 Å². The Morgan fingerprint density at radius 2 is 0.667 bits per heavy atom. The third-order valence-electron chi connectivity index (χ3n) is 12.5. The molecule has 81 heavy (non-hydrogen) atoms. The van der Waals surface area contributed by atoms with E-state index in [1.807, 2.05) is 21.1 Å². The average molecular weight is 1120 g/mol. The lowest BCUT2D eigenvalue weighted by atomic mass is 10.1. The third-order valence-corrected chi connectivity index (χ3v) is 12.5. The smallest absolute Gasteiger partial charge is 0.361 e. The normalized spacial score (nSPS) is 13.9. The summed E-state index contributed by atoms with van der Waals surface area (Å²) in [5.74, 6) is -2.09. The number of likely N-dealkylation sites (N-methyl/N-ethyl adjacent to an activating group) is 1. The first-order chi connectivity index (χ1) is 39.6. The van der Waals surface area contributed by atoms with E-state index in [1.54, 1.807) is 0 Å². The zero-order valence-electron chi connectivity index (χ0n) is 51.6. The molecule has 9 heteroatoms. The number of carboxylic acid groups (broad SMARTS) is 1. The molecule has 0 amide bonds. The molecular weight excluding hydrogens is 1010 g/mol. The van der Waals surface area contributed by atoms with Crippen molar-refractivity contribution in [1.82, 2.24) is 0 Å². The van der Waals surface area contributed by atoms with E-state index in [0.717, 1.165) is 135 Å². The number of ether oxygens (including phenoxy) is 4. The minimum Gasteiger partial charge on any atom is -0.477 e. The Bertz CT molecular complexity index is 1930. The van der Waals surface area contributed by atoms with E-state index >= 15 is 0 Å². The Hall–Kier alpha value is -5.35. The molecule has 0 saturated heterocycles. The van der Waals surface area contributed by atoms with Gasteiger partial charge in [0.05, 0.1) is 34.4 Å². The van der Waals surface area contributed by atoms with Gasteiger partial charge in [0, 0.05) is 12.8 Å². The molecule has 0 aliphatic heterocycles. The summed E-state index contributed by atoms with van der Waals surface area (Å²) in [7, 11) is 5.94. The zero-order chi connectivity index (χ0) is 59.1. The Morgan fingerprint density at radius 3 is 1.01 bits per heavy atom. The maximum absolute atomic E-state index is 12.9. The van der Waals surface area contributed by atoms with Gasteiger partial charge in [0.1, 0.15) is 13.2 Å². The Kier molecular flexibility index (Phi) is 56.7. The molecule has 2 unspecified atom stereocenters. The highest BCUT2D eigenvalue weighted by atomic mass is 16.7. The van der Waals surface area contributed by atoms with Crippen LogP contribution in [0.3, 0.4) is 0 Å². The fraction of sp³-hybridized carbons (Fsp3) is 0.569. The molecule has 0 bridgehead atoms. The largest absolute Gasteiger partial charge is 0.477 e. The molecule has 0 saturated carbocycles. The van der Waals surface area contributed by atoms with Crippen LogP contribution >= 0.6 is 0 Å². The standard InChI is InChI=1S/C72H113NO8/c1-6-8-10-12-14-16-18-20-22-24-26-28-30-32-34-35-37-38-40-42-44-46-48-50-52-54-56-58-60-62-69(74)79-66-68(67-80-72(71(76)77)78-65-64-73(3,4)5)81-70(75)63-61-59-57-55-53-51-49-47-45-43-41-39-36-33-31-29-27-25-23-21-19-17-15-13-11-9-7-2/h8-11,14-17,20-23,26-29,32-34,36-38,41,43,47,49,53,55,68,72H,6-7,12-13,18-19,24-25,30-31,35,39-40,42,44-46,48,50-52,54,56-67H2,1-5H3/p+1/b10-8-,11-9-,16-14-,17-15-,22-20-,23-21-,28-26-,29-27-,34-32-,36-33-,38-37-,43-41-,49-47-,55-53-. The number of rotatable bonds is 55. The Balaban J connectivity index is 4.35. The summed E-state index contributed by atoms with van der Waals surface area (Å²) < 4.78 is 22.8. The number of allylic oxidation sites excluding steroid dienone is 28. The highest BCUT2D eigenvalue weighted by molar-refractivity contribution is 5.71. The first kappa shape index (κ1) is 75.7. The second-order valence-electron chi connectivity index (χ2n) is 21.2. The average Bonchev–Trinajstić information content (AvgIpc) is 3.44. The molecule has 0 aliphatic carbocycles. The van der Waals surface area contributed by atoms with Crippen LogP contribution in [0.5, 0.6) is 0 Å². The van der Waals surface area contributed by atoms with Crippen molar-refractivity contribution in [1.29, 1.82) is 0 Å². The first-order valence-corrected chi connectivity index (χ1v) is 31.3. The van der Waals surface area contributed by atoms with Crippen molar-refractivity contribution in [2.24, 2.45) is 0 Å². The summed E-state index contributed by atoms with van der Waals surface area (Å²) in [6.45, 7) is 4.56. The molecule has 1 N–H and O–H groups in total. The van der Waals surface area contributed by atoms with Gasteiger partial charge in [0.25, 0.3) is 6.29 Å². The maximum atomic E-state index is 12.9. The molecule has 0 radical (unpaired) electrons. The van der Waals surface area contributed by atoms with Crippen LogP contribution < -0.4 is 0 Å². The van der Waals surface area contributed by atoms with Crippen LogP contribution in [0.1, 0.15) is 206 Å². The molecule has 9 nitrogen and oxygen atoms in total. The molecule has 0 rings (SSSR count). The minimum atomic E-state index is -1.54. The molecule has 2 atom stereocenters. The monoisotopic (exact) mass is 1120 g/mol. The van der Waals surface area contributed by atoms with Crippen LogP contribution in [-0.2, 0) is 33.3 Å². The van der Waals surface area contributed by atoms with E-state index in [-0.39, 0.29) is 38.6 Å². The van der Waals surface area contributed by atoms with Crippen molar-refractivity contribution in [3.63, 3.8) is 0 Å². The molecule has 0 fully saturated rings. The number of quaternary nitrogens is 1. The molecule has 0 spiro atoms. The summed E-state index contributed by atoms with van der Waals surface area (Å²) in [6, 6.07) is 0. The zero-order valence-corrected chi connectivity index (χ0v) is 51.6. The molecular formula is C72H114NO8+. The number of carbonyl (C=O) groups excluding carboxylic acids is 2. The van der Waals surface area contributed by atoms with Gasteiger partial charge in [-0.3, -0.25) is 9.59 Å². The lowest BCUT2D eigenvalue weighted by Gasteiger charge is -2.25. The number of esters is 2. The predicted octanol–water partition coefficient (Wildman–Crippen LogP) is 19.1. The van der Waals surface area contributed by atoms with Gasteiger partial charge >= 0.3 is 17.9 Å². The van der Waals surface area contributed by atoms with Crippen molar-refractivity contribution in [3.8, 4) is 0 Å². The van der Waals surface area contributed by atoms with Crippen molar-refractivity contribution < 1.29 is 42.9 Å². The summed E-state index contributed by atoms with van der Waals surface area (Å²) in [4.78, 5) is 37.5. The number of aliphatic carboxylic acids is 1. The van der Waals surface area contributed by atoms with Gasteiger partial charge < -0.3 is 28.5 Å². The molecule has 0 aliphatic rings. The SMILES string of the molecule is CC/C=C\C/C=C\C/C=C\C/C=C\C/C=C\C/C=C\C/C=C\C/C=C\CCCCC(=O)OC(COC(=O)CCCCCCCCCCCC/C=C\C/C=C\C/C=C\C/C=C\C/C=C\C/C=C\CC)COC(OCC[N+](C)(C)C)C(=O)O. The first-order valence-electron chi connectivity index (χ1n) is 31.3. The summed E-state index contributed by atoms with van der Waals surface area (Å²) >= 11 is 0. The van der Waals surface area contributed by atoms with Gasteiger partial charge in [-0.1, -0.05) is 235 Å². The number of hydrogen-bond acceptors (Lipinski definition) is 7. The number of nitrogens with zero attached hydrogens (tertiary/aromatic N) is 1. The van der Waals surface area contributed by atoms with Gasteiger partial charge in [-0.05, 0) is 128 Å². The Morgan fingerprint density at radius 1 is 0.370 bits per heavy atom. The van der Waals surface area contributed by atoms with Gasteiger partial charge in [0.15, 0.2) is 6.10 Å². The van der Waals surface area contributed by atoms with Crippen LogP contribution in [0.15, 0.2) is 170 Å². The summed E-state index contributed by atoms with van der Waals surface area (Å²) in [5, 5.41) is 9.72. The minimum absolute atomic E-state index is 0.168. The van der Waals surface area contributed by atoms with Gasteiger partial charge in [-0.25, -0.2) is 4.79 Å². The number of carboxylic acids is 1. The lowest BCUT2D eigenvalue weighted by Crippen LogP contribution is -2.40. The number of carbonyl (C=O) groups is 3.